The first kappa shape index (κ1) is 12.3. The zero-order chi connectivity index (χ0) is 13.8. The molecular formula is C14H14N6. The minimum Gasteiger partial charge on any atom is -0.379 e. The zero-order valence-electron chi connectivity index (χ0n) is 11.0. The number of nitrogens with zero attached hydrogens (tertiary/aromatic N) is 4. The van der Waals surface area contributed by atoms with Crippen LogP contribution in [-0.2, 0) is 6.54 Å². The van der Waals surface area contributed by atoms with Crippen molar-refractivity contribution in [3.05, 3.63) is 54.4 Å². The molecule has 100 valence electrons. The first-order valence-corrected chi connectivity index (χ1v) is 6.29. The summed E-state index contributed by atoms with van der Waals surface area (Å²) < 4.78 is 0. The lowest BCUT2D eigenvalue weighted by Gasteiger charge is -2.06. The molecule has 0 saturated carbocycles. The largest absolute Gasteiger partial charge is 0.379 e. The fraction of sp³-hybridized carbons (Fsp3) is 0.143. The molecular weight excluding hydrogens is 252 g/mol. The van der Waals surface area contributed by atoms with Crippen molar-refractivity contribution in [1.29, 1.82) is 0 Å². The Balaban J connectivity index is 1.75. The number of aromatic amines is 1. The highest BCUT2D eigenvalue weighted by atomic mass is 15.2. The van der Waals surface area contributed by atoms with E-state index in [2.05, 4.69) is 30.5 Å². The van der Waals surface area contributed by atoms with Gasteiger partial charge in [-0.1, -0.05) is 12.1 Å². The van der Waals surface area contributed by atoms with Crippen LogP contribution in [0.2, 0.25) is 0 Å². The van der Waals surface area contributed by atoms with Crippen LogP contribution in [0, 0.1) is 6.92 Å². The molecule has 6 nitrogen and oxygen atoms in total. The van der Waals surface area contributed by atoms with Crippen molar-refractivity contribution < 1.29 is 0 Å². The summed E-state index contributed by atoms with van der Waals surface area (Å²) in [6.07, 6.45) is 5.09. The van der Waals surface area contributed by atoms with Crippen LogP contribution in [0.1, 0.15) is 11.5 Å². The molecule has 0 unspecified atom stereocenters. The molecule has 0 aliphatic rings. The Kier molecular flexibility index (Phi) is 3.36. The molecule has 0 spiro atoms. The van der Waals surface area contributed by atoms with E-state index in [0.29, 0.717) is 12.4 Å². The van der Waals surface area contributed by atoms with Crippen molar-refractivity contribution in [2.75, 3.05) is 5.32 Å². The number of H-pyrrole nitrogens is 1. The Bertz CT molecular complexity index is 692. The average molecular weight is 266 g/mol. The summed E-state index contributed by atoms with van der Waals surface area (Å²) in [4.78, 5) is 12.6. The van der Waals surface area contributed by atoms with E-state index in [1.54, 1.807) is 18.6 Å². The lowest BCUT2D eigenvalue weighted by atomic mass is 10.2. The van der Waals surface area contributed by atoms with Crippen LogP contribution in [-0.4, -0.2) is 25.1 Å². The molecule has 20 heavy (non-hydrogen) atoms. The van der Waals surface area contributed by atoms with Crippen molar-refractivity contribution in [3.8, 4) is 11.4 Å². The number of benzene rings is 1. The van der Waals surface area contributed by atoms with Gasteiger partial charge in [-0.3, -0.25) is 15.1 Å². The molecule has 2 heterocycles. The summed E-state index contributed by atoms with van der Waals surface area (Å²) in [5, 5.41) is 10.3. The van der Waals surface area contributed by atoms with Crippen LogP contribution in [0.4, 0.5) is 5.69 Å². The highest BCUT2D eigenvalue weighted by molar-refractivity contribution is 5.62. The van der Waals surface area contributed by atoms with Crippen LogP contribution in [0.3, 0.4) is 0 Å². The number of aromatic nitrogens is 5. The maximum atomic E-state index is 4.32. The Morgan fingerprint density at radius 2 is 2.20 bits per heavy atom. The number of aryl methyl sites for hydroxylation is 1. The molecule has 0 aliphatic carbocycles. The second kappa shape index (κ2) is 5.48. The Labute approximate surface area is 116 Å². The first-order chi connectivity index (χ1) is 9.81. The highest BCUT2D eigenvalue weighted by Gasteiger charge is 2.04. The van der Waals surface area contributed by atoms with Gasteiger partial charge in [0, 0.05) is 23.6 Å². The molecule has 3 rings (SSSR count). The second-order valence-electron chi connectivity index (χ2n) is 4.38. The third-order valence-corrected chi connectivity index (χ3v) is 2.81. The highest BCUT2D eigenvalue weighted by Crippen LogP contribution is 2.19. The van der Waals surface area contributed by atoms with Gasteiger partial charge in [-0.25, -0.2) is 4.98 Å². The summed E-state index contributed by atoms with van der Waals surface area (Å²) in [6.45, 7) is 2.51. The summed E-state index contributed by atoms with van der Waals surface area (Å²) >= 11 is 0. The van der Waals surface area contributed by atoms with E-state index in [1.807, 2.05) is 31.2 Å². The minimum absolute atomic E-state index is 0.629. The number of hydrogen-bond acceptors (Lipinski definition) is 5. The van der Waals surface area contributed by atoms with E-state index >= 15 is 0 Å². The van der Waals surface area contributed by atoms with Crippen molar-refractivity contribution in [2.24, 2.45) is 0 Å². The third kappa shape index (κ3) is 2.80. The molecule has 0 aliphatic heterocycles. The smallest absolute Gasteiger partial charge is 0.181 e. The van der Waals surface area contributed by atoms with Crippen LogP contribution in [0.15, 0.2) is 42.9 Å². The van der Waals surface area contributed by atoms with Crippen LogP contribution in [0.5, 0.6) is 0 Å². The maximum Gasteiger partial charge on any atom is 0.181 e. The molecule has 2 aromatic heterocycles. The van der Waals surface area contributed by atoms with Crippen LogP contribution >= 0.6 is 0 Å². The second-order valence-corrected chi connectivity index (χ2v) is 4.38. The van der Waals surface area contributed by atoms with E-state index in [4.69, 9.17) is 0 Å². The van der Waals surface area contributed by atoms with Gasteiger partial charge in [0.05, 0.1) is 18.4 Å². The molecule has 6 heteroatoms. The van der Waals surface area contributed by atoms with E-state index in [1.165, 1.54) is 0 Å². The van der Waals surface area contributed by atoms with E-state index in [0.717, 1.165) is 22.8 Å². The SMILES string of the molecule is Cc1nc(-c2cccc(NCc3cnccn3)c2)n[nH]1. The summed E-state index contributed by atoms with van der Waals surface area (Å²) in [6, 6.07) is 7.97. The quantitative estimate of drug-likeness (QED) is 0.756. The topological polar surface area (TPSA) is 79.4 Å². The predicted octanol–water partition coefficient (Wildman–Crippen LogP) is 2.18. The molecule has 0 amide bonds. The van der Waals surface area contributed by atoms with Gasteiger partial charge in [-0.2, -0.15) is 5.10 Å². The van der Waals surface area contributed by atoms with Gasteiger partial charge >= 0.3 is 0 Å². The molecule has 0 fully saturated rings. The molecule has 0 atom stereocenters. The van der Waals surface area contributed by atoms with Gasteiger partial charge in [0.15, 0.2) is 5.82 Å². The number of anilines is 1. The molecule has 2 N–H and O–H groups in total. The standard InChI is InChI=1S/C14H14N6/c1-10-18-14(20-19-10)11-3-2-4-12(7-11)17-9-13-8-15-5-6-16-13/h2-8,17H,9H2,1H3,(H,18,19,20). The molecule has 0 bridgehead atoms. The Morgan fingerprint density at radius 1 is 1.25 bits per heavy atom. The molecule has 0 saturated heterocycles. The van der Waals surface area contributed by atoms with E-state index < -0.39 is 0 Å². The lowest BCUT2D eigenvalue weighted by Crippen LogP contribution is -2.01. The van der Waals surface area contributed by atoms with Crippen molar-refractivity contribution in [1.82, 2.24) is 25.1 Å². The van der Waals surface area contributed by atoms with Crippen molar-refractivity contribution in [2.45, 2.75) is 13.5 Å². The fourth-order valence-corrected chi connectivity index (χ4v) is 1.85. The van der Waals surface area contributed by atoms with Crippen LogP contribution in [0.25, 0.3) is 11.4 Å². The minimum atomic E-state index is 0.629. The van der Waals surface area contributed by atoms with Gasteiger partial charge in [-0.15, -0.1) is 0 Å². The Morgan fingerprint density at radius 3 is 2.95 bits per heavy atom. The fourth-order valence-electron chi connectivity index (χ4n) is 1.85. The van der Waals surface area contributed by atoms with Gasteiger partial charge < -0.3 is 5.32 Å². The van der Waals surface area contributed by atoms with E-state index in [9.17, 15) is 0 Å². The molecule has 1 aromatic carbocycles. The van der Waals surface area contributed by atoms with Crippen molar-refractivity contribution >= 4 is 5.69 Å². The Hall–Kier alpha value is -2.76. The number of rotatable bonds is 4. The summed E-state index contributed by atoms with van der Waals surface area (Å²) in [7, 11) is 0. The summed E-state index contributed by atoms with van der Waals surface area (Å²) in [5.74, 6) is 1.50. The predicted molar refractivity (Wildman–Crippen MR) is 75.9 cm³/mol. The van der Waals surface area contributed by atoms with Crippen LogP contribution < -0.4 is 5.32 Å². The van der Waals surface area contributed by atoms with Gasteiger partial charge in [0.1, 0.15) is 5.82 Å². The average Bonchev–Trinajstić information content (AvgIpc) is 2.93. The number of nitrogens with one attached hydrogen (secondary N) is 2. The zero-order valence-corrected chi connectivity index (χ0v) is 11.0. The van der Waals surface area contributed by atoms with Gasteiger partial charge in [0.25, 0.3) is 0 Å². The molecule has 0 radical (unpaired) electrons. The first-order valence-electron chi connectivity index (χ1n) is 6.29. The van der Waals surface area contributed by atoms with Crippen molar-refractivity contribution in [3.63, 3.8) is 0 Å². The monoisotopic (exact) mass is 266 g/mol. The third-order valence-electron chi connectivity index (χ3n) is 2.81. The maximum absolute atomic E-state index is 4.32. The lowest BCUT2D eigenvalue weighted by molar-refractivity contribution is 1.01. The van der Waals surface area contributed by atoms with Gasteiger partial charge in [-0.05, 0) is 19.1 Å². The summed E-state index contributed by atoms with van der Waals surface area (Å²) in [5.41, 5.74) is 2.86. The normalized spacial score (nSPS) is 10.4. The molecule has 3 aromatic rings. The van der Waals surface area contributed by atoms with E-state index in [-0.39, 0.29) is 0 Å². The van der Waals surface area contributed by atoms with Gasteiger partial charge in [0.2, 0.25) is 0 Å². The number of hydrogen-bond donors (Lipinski definition) is 2.